The summed E-state index contributed by atoms with van der Waals surface area (Å²) in [6.07, 6.45) is 4.91. The van der Waals surface area contributed by atoms with Gasteiger partial charge in [-0.15, -0.1) is 12.0 Å². The van der Waals surface area contributed by atoms with Gasteiger partial charge in [0, 0.05) is 32.7 Å². The molecule has 0 bridgehead atoms. The first kappa shape index (κ1) is 13.1. The molecule has 79 valence electrons. The van der Waals surface area contributed by atoms with E-state index < -0.39 is 0 Å². The fraction of sp³-hybridized carbons (Fsp3) is 0.818. The van der Waals surface area contributed by atoms with Gasteiger partial charge in [0.05, 0.1) is 0 Å². The molecule has 2 fully saturated rings. The molecule has 0 atom stereocenters. The van der Waals surface area contributed by atoms with Gasteiger partial charge in [0.25, 0.3) is 0 Å². The van der Waals surface area contributed by atoms with Crippen LogP contribution in [0, 0.1) is 18.4 Å². The Kier molecular flexibility index (Phi) is 5.03. The minimum absolute atomic E-state index is 0. The first-order chi connectivity index (χ1) is 6.30. The maximum absolute atomic E-state index is 5.77. The molecule has 1 heterocycles. The molecular formula is C11H19NOY-2. The first-order valence-electron chi connectivity index (χ1n) is 5.31. The Bertz CT molecular complexity index is 182. The van der Waals surface area contributed by atoms with Crippen LogP contribution in [0.1, 0.15) is 26.2 Å². The van der Waals surface area contributed by atoms with Gasteiger partial charge in [0.2, 0.25) is 0 Å². The summed E-state index contributed by atoms with van der Waals surface area (Å²) in [5.74, 6) is 0. The largest absolute Gasteiger partial charge is 0.549 e. The van der Waals surface area contributed by atoms with Crippen molar-refractivity contribution < 1.29 is 37.4 Å². The van der Waals surface area contributed by atoms with E-state index in [-0.39, 0.29) is 32.7 Å². The Morgan fingerprint density at radius 2 is 2.21 bits per heavy atom. The van der Waals surface area contributed by atoms with E-state index in [0.717, 1.165) is 26.1 Å². The van der Waals surface area contributed by atoms with Gasteiger partial charge in [0.15, 0.2) is 0 Å². The van der Waals surface area contributed by atoms with Crippen LogP contribution in [-0.2, 0) is 37.4 Å². The standard InChI is InChI=1S/C11H19NO.Y/c1-3-7-13-10-8-12(4-2)9-11(10)5-6-11;/h1,3-9H2,2H3;/q-2;. The average Bonchev–Trinajstić information content (AvgIpc) is 2.80. The van der Waals surface area contributed by atoms with E-state index in [9.17, 15) is 0 Å². The van der Waals surface area contributed by atoms with Crippen LogP contribution in [-0.4, -0.2) is 31.1 Å². The van der Waals surface area contributed by atoms with Crippen molar-refractivity contribution in [3.05, 3.63) is 13.0 Å². The fourth-order valence-electron chi connectivity index (χ4n) is 2.15. The Morgan fingerprint density at radius 3 is 2.71 bits per heavy atom. The minimum Gasteiger partial charge on any atom is -0.549 e. The normalized spacial score (nSPS) is 25.3. The molecule has 1 spiro atoms. The fourth-order valence-corrected chi connectivity index (χ4v) is 2.15. The number of rotatable bonds is 4. The summed E-state index contributed by atoms with van der Waals surface area (Å²) < 4.78 is 5.77. The van der Waals surface area contributed by atoms with Crippen LogP contribution in [0.4, 0.5) is 0 Å². The molecule has 0 aromatic heterocycles. The maximum atomic E-state index is 5.77. The number of likely N-dealkylation sites (tertiary alicyclic amines) is 1. The van der Waals surface area contributed by atoms with Gasteiger partial charge in [-0.2, -0.15) is 12.5 Å². The Labute approximate surface area is 113 Å². The predicted molar refractivity (Wildman–Crippen MR) is 53.0 cm³/mol. The molecule has 1 aliphatic carbocycles. The van der Waals surface area contributed by atoms with Crippen molar-refractivity contribution in [3.8, 4) is 0 Å². The zero-order chi connectivity index (χ0) is 9.31. The molecule has 0 aromatic carbocycles. The molecule has 1 saturated carbocycles. The van der Waals surface area contributed by atoms with Gasteiger partial charge >= 0.3 is 0 Å². The van der Waals surface area contributed by atoms with Crippen molar-refractivity contribution in [2.45, 2.75) is 26.2 Å². The topological polar surface area (TPSA) is 12.5 Å². The van der Waals surface area contributed by atoms with E-state index in [0.29, 0.717) is 5.41 Å². The average molecular weight is 270 g/mol. The van der Waals surface area contributed by atoms with E-state index in [1.807, 2.05) is 0 Å². The van der Waals surface area contributed by atoms with Crippen LogP contribution in [0.25, 0.3) is 0 Å². The van der Waals surface area contributed by atoms with E-state index in [1.54, 1.807) is 0 Å². The molecule has 0 aromatic rings. The summed E-state index contributed by atoms with van der Waals surface area (Å²) in [5.41, 5.74) is 0.477. The van der Waals surface area contributed by atoms with Crippen molar-refractivity contribution in [1.82, 2.24) is 4.90 Å². The van der Waals surface area contributed by atoms with Crippen LogP contribution in [0.15, 0.2) is 0 Å². The van der Waals surface area contributed by atoms with Gasteiger partial charge in [0.1, 0.15) is 0 Å². The number of ether oxygens (including phenoxy) is 1. The third kappa shape index (κ3) is 2.58. The molecule has 0 amide bonds. The van der Waals surface area contributed by atoms with E-state index in [1.165, 1.54) is 25.5 Å². The summed E-state index contributed by atoms with van der Waals surface area (Å²) in [6.45, 7) is 10.3. The van der Waals surface area contributed by atoms with Gasteiger partial charge in [-0.1, -0.05) is 19.8 Å². The third-order valence-electron chi connectivity index (χ3n) is 3.21. The molecule has 0 N–H and O–H groups in total. The van der Waals surface area contributed by atoms with Crippen LogP contribution >= 0.6 is 0 Å². The Balaban J connectivity index is 0.000000980. The Morgan fingerprint density at radius 1 is 1.50 bits per heavy atom. The van der Waals surface area contributed by atoms with Crippen molar-refractivity contribution in [2.75, 3.05) is 26.2 Å². The van der Waals surface area contributed by atoms with Crippen LogP contribution in [0.5, 0.6) is 0 Å². The first-order valence-corrected chi connectivity index (χ1v) is 5.31. The summed E-state index contributed by atoms with van der Waals surface area (Å²) in [6, 6.07) is 0. The van der Waals surface area contributed by atoms with E-state index in [2.05, 4.69) is 18.7 Å². The SMILES string of the molecule is [CH2-]CCO[C-]1CN(CC)CC12CC2.[Y]. The van der Waals surface area contributed by atoms with Crippen LogP contribution < -0.4 is 0 Å². The molecule has 14 heavy (non-hydrogen) atoms. The summed E-state index contributed by atoms with van der Waals surface area (Å²) in [4.78, 5) is 2.48. The van der Waals surface area contributed by atoms with Gasteiger partial charge in [-0.05, 0) is 19.7 Å². The maximum Gasteiger partial charge on any atom is 0 e. The van der Waals surface area contributed by atoms with Crippen molar-refractivity contribution >= 4 is 0 Å². The smallest absolute Gasteiger partial charge is 0 e. The second kappa shape index (κ2) is 5.38. The van der Waals surface area contributed by atoms with Crippen LogP contribution in [0.3, 0.4) is 0 Å². The molecular weight excluding hydrogens is 251 g/mol. The van der Waals surface area contributed by atoms with Gasteiger partial charge < -0.3 is 16.6 Å². The molecule has 1 radical (unpaired) electrons. The molecule has 3 heteroatoms. The van der Waals surface area contributed by atoms with Crippen molar-refractivity contribution in [1.29, 1.82) is 0 Å². The van der Waals surface area contributed by atoms with E-state index >= 15 is 0 Å². The quantitative estimate of drug-likeness (QED) is 0.723. The third-order valence-corrected chi connectivity index (χ3v) is 3.21. The molecule has 0 unspecified atom stereocenters. The Hall–Kier alpha value is 1.02. The molecule has 2 aliphatic rings. The van der Waals surface area contributed by atoms with Crippen molar-refractivity contribution in [2.24, 2.45) is 5.41 Å². The second-order valence-electron chi connectivity index (χ2n) is 4.21. The number of hydrogen-bond donors (Lipinski definition) is 0. The monoisotopic (exact) mass is 270 g/mol. The van der Waals surface area contributed by atoms with Gasteiger partial charge in [-0.3, -0.25) is 0 Å². The molecule has 2 nitrogen and oxygen atoms in total. The minimum atomic E-state index is 0. The number of hydrogen-bond acceptors (Lipinski definition) is 2. The zero-order valence-electron chi connectivity index (χ0n) is 9.09. The van der Waals surface area contributed by atoms with Gasteiger partial charge in [-0.25, -0.2) is 0 Å². The summed E-state index contributed by atoms with van der Waals surface area (Å²) in [5, 5.41) is 0. The summed E-state index contributed by atoms with van der Waals surface area (Å²) in [7, 11) is 0. The van der Waals surface area contributed by atoms with E-state index in [4.69, 9.17) is 4.74 Å². The summed E-state index contributed by atoms with van der Waals surface area (Å²) >= 11 is 0. The number of likely N-dealkylation sites (N-methyl/N-ethyl adjacent to an activating group) is 1. The van der Waals surface area contributed by atoms with Crippen LogP contribution in [0.2, 0.25) is 0 Å². The molecule has 1 saturated heterocycles. The predicted octanol–water partition coefficient (Wildman–Crippen LogP) is 1.87. The van der Waals surface area contributed by atoms with Crippen molar-refractivity contribution in [3.63, 3.8) is 0 Å². The molecule has 2 rings (SSSR count). The number of nitrogens with zero attached hydrogens (tertiary/aromatic N) is 1. The molecule has 1 aliphatic heterocycles. The zero-order valence-corrected chi connectivity index (χ0v) is 11.9. The second-order valence-corrected chi connectivity index (χ2v) is 4.21.